The van der Waals surface area contributed by atoms with Crippen LogP contribution in [0.5, 0.6) is 0 Å². The van der Waals surface area contributed by atoms with Crippen LogP contribution in [0.15, 0.2) is 46.2 Å². The molecule has 0 aliphatic heterocycles. The Morgan fingerprint density at radius 2 is 1.47 bits per heavy atom. The Bertz CT molecular complexity index is 521. The van der Waals surface area contributed by atoms with Gasteiger partial charge in [0, 0.05) is 9.79 Å². The zero-order valence-corrected chi connectivity index (χ0v) is 11.7. The molecule has 0 N–H and O–H groups in total. The highest BCUT2D eigenvalue weighted by Crippen LogP contribution is 2.32. The molecular formula is C16H18S. The van der Waals surface area contributed by atoms with Crippen LogP contribution in [0.25, 0.3) is 0 Å². The van der Waals surface area contributed by atoms with Crippen molar-refractivity contribution in [2.24, 2.45) is 0 Å². The van der Waals surface area contributed by atoms with Crippen LogP contribution in [0.3, 0.4) is 0 Å². The van der Waals surface area contributed by atoms with Gasteiger partial charge in [0.15, 0.2) is 0 Å². The highest BCUT2D eigenvalue weighted by atomic mass is 32.2. The zero-order valence-electron chi connectivity index (χ0n) is 10.9. The van der Waals surface area contributed by atoms with E-state index < -0.39 is 0 Å². The van der Waals surface area contributed by atoms with Gasteiger partial charge in [-0.25, -0.2) is 0 Å². The number of aryl methyl sites for hydroxylation is 3. The maximum atomic E-state index is 2.25. The van der Waals surface area contributed by atoms with E-state index in [1.807, 2.05) is 11.8 Å². The SMILES string of the molecule is Cc1cc(C)cc(Sc2cccc(C)c2C)c1. The Kier molecular flexibility index (Phi) is 3.58. The third kappa shape index (κ3) is 2.92. The van der Waals surface area contributed by atoms with Gasteiger partial charge < -0.3 is 0 Å². The van der Waals surface area contributed by atoms with Crippen molar-refractivity contribution in [2.75, 3.05) is 0 Å². The van der Waals surface area contributed by atoms with Crippen LogP contribution >= 0.6 is 11.8 Å². The van der Waals surface area contributed by atoms with E-state index in [-0.39, 0.29) is 0 Å². The summed E-state index contributed by atoms with van der Waals surface area (Å²) >= 11 is 1.86. The molecule has 0 spiro atoms. The normalized spacial score (nSPS) is 10.6. The lowest BCUT2D eigenvalue weighted by Gasteiger charge is -2.09. The summed E-state index contributed by atoms with van der Waals surface area (Å²) in [5.74, 6) is 0. The molecule has 0 aromatic heterocycles. The lowest BCUT2D eigenvalue weighted by Crippen LogP contribution is -1.85. The summed E-state index contributed by atoms with van der Waals surface area (Å²) in [6.45, 7) is 8.67. The molecule has 1 heteroatoms. The third-order valence-corrected chi connectivity index (χ3v) is 4.11. The smallest absolute Gasteiger partial charge is 0.0154 e. The summed E-state index contributed by atoms with van der Waals surface area (Å²) in [4.78, 5) is 2.69. The summed E-state index contributed by atoms with van der Waals surface area (Å²) in [6, 6.07) is 13.2. The van der Waals surface area contributed by atoms with E-state index in [2.05, 4.69) is 64.1 Å². The fraction of sp³-hybridized carbons (Fsp3) is 0.250. The Morgan fingerprint density at radius 1 is 0.824 bits per heavy atom. The quantitative estimate of drug-likeness (QED) is 0.708. The highest BCUT2D eigenvalue weighted by Gasteiger charge is 2.03. The van der Waals surface area contributed by atoms with Crippen molar-refractivity contribution in [2.45, 2.75) is 37.5 Å². The molecule has 0 radical (unpaired) electrons. The average molecular weight is 242 g/mol. The largest absolute Gasteiger partial charge is 0.0898 e. The maximum Gasteiger partial charge on any atom is 0.0154 e. The molecule has 0 bridgehead atoms. The van der Waals surface area contributed by atoms with Crippen molar-refractivity contribution in [1.29, 1.82) is 0 Å². The molecule has 0 saturated carbocycles. The van der Waals surface area contributed by atoms with E-state index in [0.717, 1.165) is 0 Å². The van der Waals surface area contributed by atoms with Gasteiger partial charge in [0.2, 0.25) is 0 Å². The first-order valence-corrected chi connectivity index (χ1v) is 6.70. The minimum Gasteiger partial charge on any atom is -0.0898 e. The summed E-state index contributed by atoms with van der Waals surface area (Å²) in [7, 11) is 0. The minimum absolute atomic E-state index is 1.33. The first kappa shape index (κ1) is 12.3. The first-order valence-electron chi connectivity index (χ1n) is 5.88. The fourth-order valence-electron chi connectivity index (χ4n) is 1.95. The first-order chi connectivity index (χ1) is 8.06. The predicted molar refractivity (Wildman–Crippen MR) is 76.0 cm³/mol. The second-order valence-electron chi connectivity index (χ2n) is 4.62. The third-order valence-electron chi connectivity index (χ3n) is 2.98. The van der Waals surface area contributed by atoms with Gasteiger partial charge in [-0.05, 0) is 68.1 Å². The van der Waals surface area contributed by atoms with Crippen molar-refractivity contribution in [3.05, 3.63) is 58.7 Å². The molecule has 17 heavy (non-hydrogen) atoms. The zero-order chi connectivity index (χ0) is 12.4. The van der Waals surface area contributed by atoms with Gasteiger partial charge in [-0.15, -0.1) is 0 Å². The molecule has 0 saturated heterocycles. The summed E-state index contributed by atoms with van der Waals surface area (Å²) in [6.07, 6.45) is 0. The topological polar surface area (TPSA) is 0 Å². The maximum absolute atomic E-state index is 2.25. The van der Waals surface area contributed by atoms with Crippen LogP contribution < -0.4 is 0 Å². The highest BCUT2D eigenvalue weighted by molar-refractivity contribution is 7.99. The van der Waals surface area contributed by atoms with Crippen molar-refractivity contribution in [3.63, 3.8) is 0 Å². The lowest BCUT2D eigenvalue weighted by molar-refractivity contribution is 1.22. The van der Waals surface area contributed by atoms with Gasteiger partial charge in [-0.3, -0.25) is 0 Å². The molecule has 2 aromatic rings. The molecule has 0 amide bonds. The Balaban J connectivity index is 2.34. The molecular weight excluding hydrogens is 224 g/mol. The molecule has 2 aromatic carbocycles. The van der Waals surface area contributed by atoms with Crippen molar-refractivity contribution in [1.82, 2.24) is 0 Å². The van der Waals surface area contributed by atoms with E-state index in [1.165, 1.54) is 32.0 Å². The molecule has 0 nitrogen and oxygen atoms in total. The average Bonchev–Trinajstić information content (AvgIpc) is 2.23. The molecule has 0 heterocycles. The molecule has 0 fully saturated rings. The van der Waals surface area contributed by atoms with Crippen molar-refractivity contribution < 1.29 is 0 Å². The van der Waals surface area contributed by atoms with Gasteiger partial charge >= 0.3 is 0 Å². The molecule has 2 rings (SSSR count). The van der Waals surface area contributed by atoms with E-state index in [4.69, 9.17) is 0 Å². The molecule has 0 unspecified atom stereocenters. The molecule has 88 valence electrons. The van der Waals surface area contributed by atoms with E-state index in [0.29, 0.717) is 0 Å². The monoisotopic (exact) mass is 242 g/mol. The summed E-state index contributed by atoms with van der Waals surface area (Å²) in [5, 5.41) is 0. The van der Waals surface area contributed by atoms with Crippen LogP contribution in [0.4, 0.5) is 0 Å². The van der Waals surface area contributed by atoms with Crippen LogP contribution in [-0.4, -0.2) is 0 Å². The van der Waals surface area contributed by atoms with Gasteiger partial charge in [-0.2, -0.15) is 0 Å². The van der Waals surface area contributed by atoms with Crippen LogP contribution in [-0.2, 0) is 0 Å². The van der Waals surface area contributed by atoms with E-state index >= 15 is 0 Å². The van der Waals surface area contributed by atoms with Crippen molar-refractivity contribution >= 4 is 11.8 Å². The second-order valence-corrected chi connectivity index (χ2v) is 5.74. The molecule has 0 atom stereocenters. The van der Waals surface area contributed by atoms with E-state index in [9.17, 15) is 0 Å². The summed E-state index contributed by atoms with van der Waals surface area (Å²) < 4.78 is 0. The lowest BCUT2D eigenvalue weighted by atomic mass is 10.1. The Morgan fingerprint density at radius 3 is 2.12 bits per heavy atom. The molecule has 0 aliphatic carbocycles. The number of hydrogen-bond donors (Lipinski definition) is 0. The standard InChI is InChI=1S/C16H18S/c1-11-8-12(2)10-15(9-11)17-16-7-5-6-13(3)14(16)4/h5-10H,1-4H3. The second kappa shape index (κ2) is 4.97. The van der Waals surface area contributed by atoms with Gasteiger partial charge in [0.1, 0.15) is 0 Å². The van der Waals surface area contributed by atoms with Gasteiger partial charge in [-0.1, -0.05) is 30.0 Å². The number of hydrogen-bond acceptors (Lipinski definition) is 1. The number of benzene rings is 2. The molecule has 0 aliphatic rings. The Labute approximate surface area is 108 Å². The Hall–Kier alpha value is -1.21. The van der Waals surface area contributed by atoms with Crippen LogP contribution in [0, 0.1) is 27.7 Å². The predicted octanol–water partition coefficient (Wildman–Crippen LogP) is 5.07. The van der Waals surface area contributed by atoms with Crippen LogP contribution in [0.2, 0.25) is 0 Å². The number of rotatable bonds is 2. The van der Waals surface area contributed by atoms with Gasteiger partial charge in [0.25, 0.3) is 0 Å². The fourth-order valence-corrected chi connectivity index (χ4v) is 3.16. The minimum atomic E-state index is 1.33. The van der Waals surface area contributed by atoms with Crippen LogP contribution in [0.1, 0.15) is 22.3 Å². The summed E-state index contributed by atoms with van der Waals surface area (Å²) in [5.41, 5.74) is 5.41. The van der Waals surface area contributed by atoms with E-state index in [1.54, 1.807) is 0 Å². The van der Waals surface area contributed by atoms with Gasteiger partial charge in [0.05, 0.1) is 0 Å². The van der Waals surface area contributed by atoms with Crippen molar-refractivity contribution in [3.8, 4) is 0 Å².